The van der Waals surface area contributed by atoms with E-state index in [2.05, 4.69) is 55.3 Å². The number of fused-ring (bicyclic) bond motifs is 1. The summed E-state index contributed by atoms with van der Waals surface area (Å²) in [4.78, 5) is 14.0. The van der Waals surface area contributed by atoms with Crippen LogP contribution in [0.5, 0.6) is 0 Å². The first-order valence-electron chi connectivity index (χ1n) is 13.0. The Bertz CT molecular complexity index is 1380. The van der Waals surface area contributed by atoms with Gasteiger partial charge in [-0.1, -0.05) is 44.2 Å². The zero-order chi connectivity index (χ0) is 26.2. The molecule has 1 atom stereocenters. The summed E-state index contributed by atoms with van der Waals surface area (Å²) in [7, 11) is 0. The van der Waals surface area contributed by atoms with Crippen LogP contribution in [0, 0.1) is 5.82 Å². The number of anilines is 1. The van der Waals surface area contributed by atoms with Crippen molar-refractivity contribution in [1.82, 2.24) is 19.6 Å². The van der Waals surface area contributed by atoms with E-state index in [-0.39, 0.29) is 23.2 Å². The van der Waals surface area contributed by atoms with Crippen molar-refractivity contribution in [2.24, 2.45) is 0 Å². The van der Waals surface area contributed by atoms with Gasteiger partial charge in [-0.05, 0) is 69.0 Å². The van der Waals surface area contributed by atoms with Gasteiger partial charge in [0.1, 0.15) is 11.6 Å². The first-order valence-corrected chi connectivity index (χ1v) is 13.0. The number of carbonyl (C=O) groups is 1. The second-order valence-electron chi connectivity index (χ2n) is 10.6. The van der Waals surface area contributed by atoms with Gasteiger partial charge in [-0.25, -0.2) is 13.8 Å². The van der Waals surface area contributed by atoms with Gasteiger partial charge in [0.2, 0.25) is 0 Å². The first-order chi connectivity index (χ1) is 17.8. The number of aromatic nitrogens is 4. The predicted molar refractivity (Wildman–Crippen MR) is 144 cm³/mol. The second-order valence-corrected chi connectivity index (χ2v) is 10.6. The smallest absolute Gasteiger partial charge is 0.169 e. The number of carbonyl (C=O) groups excluding carboxylic acids is 1. The average Bonchev–Trinajstić information content (AvgIpc) is 3.57. The Balaban J connectivity index is 1.49. The Kier molecular flexibility index (Phi) is 6.48. The van der Waals surface area contributed by atoms with E-state index < -0.39 is 5.41 Å². The molecule has 2 aromatic heterocycles. The van der Waals surface area contributed by atoms with Crippen molar-refractivity contribution in [2.45, 2.75) is 70.4 Å². The summed E-state index contributed by atoms with van der Waals surface area (Å²) < 4.78 is 17.4. The zero-order valence-electron chi connectivity index (χ0n) is 21.9. The van der Waals surface area contributed by atoms with Gasteiger partial charge >= 0.3 is 0 Å². The van der Waals surface area contributed by atoms with Crippen molar-refractivity contribution in [1.29, 1.82) is 0 Å². The molecule has 5 rings (SSSR count). The average molecular weight is 500 g/mol. The van der Waals surface area contributed by atoms with E-state index >= 15 is 0 Å². The van der Waals surface area contributed by atoms with Crippen molar-refractivity contribution in [3.63, 3.8) is 0 Å². The van der Waals surface area contributed by atoms with Gasteiger partial charge in [0.15, 0.2) is 5.78 Å². The molecule has 0 radical (unpaired) electrons. The Hall–Kier alpha value is -3.74. The van der Waals surface area contributed by atoms with Crippen molar-refractivity contribution in [3.05, 3.63) is 95.7 Å². The van der Waals surface area contributed by atoms with E-state index in [1.54, 1.807) is 24.5 Å². The molecule has 0 aliphatic carbocycles. The van der Waals surface area contributed by atoms with Gasteiger partial charge in [0.05, 0.1) is 34.7 Å². The minimum absolute atomic E-state index is 0.0498. The lowest BCUT2D eigenvalue weighted by atomic mass is 9.74. The van der Waals surface area contributed by atoms with E-state index in [0.29, 0.717) is 12.0 Å². The van der Waals surface area contributed by atoms with Crippen molar-refractivity contribution in [3.8, 4) is 5.69 Å². The Morgan fingerprint density at radius 2 is 1.76 bits per heavy atom. The number of hydrogen-bond acceptors (Lipinski definition) is 4. The molecule has 1 N–H and O–H groups in total. The fourth-order valence-corrected chi connectivity index (χ4v) is 5.69. The van der Waals surface area contributed by atoms with Gasteiger partial charge in [-0.3, -0.25) is 4.79 Å². The topological polar surface area (TPSA) is 64.7 Å². The molecule has 0 fully saturated rings. The Morgan fingerprint density at radius 1 is 1.05 bits per heavy atom. The van der Waals surface area contributed by atoms with Crippen LogP contribution in [0.1, 0.15) is 81.0 Å². The Morgan fingerprint density at radius 3 is 2.43 bits per heavy atom. The monoisotopic (exact) mass is 499 g/mol. The van der Waals surface area contributed by atoms with Crippen LogP contribution in [0.15, 0.2) is 73.1 Å². The fourth-order valence-electron chi connectivity index (χ4n) is 5.69. The van der Waals surface area contributed by atoms with Crippen LogP contribution in [0.2, 0.25) is 0 Å². The number of ketones is 1. The molecule has 4 aromatic rings. The first kappa shape index (κ1) is 24.9. The minimum atomic E-state index is -0.431. The molecule has 2 aromatic carbocycles. The van der Waals surface area contributed by atoms with Gasteiger partial charge in [-0.2, -0.15) is 10.2 Å². The van der Waals surface area contributed by atoms with Crippen LogP contribution >= 0.6 is 0 Å². The molecule has 6 nitrogen and oxygen atoms in total. The lowest BCUT2D eigenvalue weighted by Crippen LogP contribution is -2.38. The Labute approximate surface area is 217 Å². The molecule has 7 heteroatoms. The molecule has 0 saturated heterocycles. The number of Topliss-reactive ketones (excluding diaryl/α,β-unsaturated/α-hetero) is 1. The maximum atomic E-state index is 14.0. The molecule has 0 saturated carbocycles. The maximum absolute atomic E-state index is 14.0. The third-order valence-electron chi connectivity index (χ3n) is 7.97. The summed E-state index contributed by atoms with van der Waals surface area (Å²) in [5.74, 6) is 0.539. The molecular weight excluding hydrogens is 465 g/mol. The third-order valence-corrected chi connectivity index (χ3v) is 7.97. The summed E-state index contributed by atoms with van der Waals surface area (Å²) in [6.07, 6.45) is 6.18. The molecule has 37 heavy (non-hydrogen) atoms. The highest BCUT2D eigenvalue weighted by atomic mass is 19.1. The number of benzene rings is 2. The van der Waals surface area contributed by atoms with Crippen molar-refractivity contribution >= 4 is 11.6 Å². The number of halogens is 1. The van der Waals surface area contributed by atoms with Gasteiger partial charge in [-0.15, -0.1) is 0 Å². The van der Waals surface area contributed by atoms with Gasteiger partial charge in [0.25, 0.3) is 0 Å². The zero-order valence-corrected chi connectivity index (χ0v) is 21.9. The van der Waals surface area contributed by atoms with Gasteiger partial charge in [0, 0.05) is 18.0 Å². The van der Waals surface area contributed by atoms with Crippen LogP contribution in [0.4, 0.5) is 10.2 Å². The molecule has 3 heterocycles. The standard InChI is InChI=1S/C30H34FN5O/c1-5-30(6-2,27-16-17-32-35(27)23-14-12-22(31)13-15-23)19-26(37)24-20-33-36-28(24)34-25(18-29(36,3)4)21-10-8-7-9-11-21/h7-17,20,25,34H,5-6,18-19H2,1-4H3. The number of hydrogen-bond donors (Lipinski definition) is 1. The molecule has 0 spiro atoms. The maximum Gasteiger partial charge on any atom is 0.169 e. The molecule has 1 aliphatic heterocycles. The molecule has 0 amide bonds. The SMILES string of the molecule is CCC(CC)(CC(=O)c1cnn2c1NC(c1ccccc1)CC2(C)C)c1ccnn1-c1ccc(F)cc1. The summed E-state index contributed by atoms with van der Waals surface area (Å²) >= 11 is 0. The molecule has 1 aliphatic rings. The summed E-state index contributed by atoms with van der Waals surface area (Å²) in [6, 6.07) is 18.7. The van der Waals surface area contributed by atoms with Crippen LogP contribution in [0.3, 0.4) is 0 Å². The third kappa shape index (κ3) is 4.47. The molecule has 192 valence electrons. The van der Waals surface area contributed by atoms with E-state index in [1.807, 2.05) is 33.6 Å². The number of nitrogens with one attached hydrogen (secondary N) is 1. The highest BCUT2D eigenvalue weighted by Gasteiger charge is 2.39. The molecule has 0 bridgehead atoms. The lowest BCUT2D eigenvalue weighted by Gasteiger charge is -2.38. The highest BCUT2D eigenvalue weighted by Crippen LogP contribution is 2.42. The van der Waals surface area contributed by atoms with Crippen LogP contribution < -0.4 is 5.32 Å². The predicted octanol–water partition coefficient (Wildman–Crippen LogP) is 6.83. The number of nitrogens with zero attached hydrogens (tertiary/aromatic N) is 4. The molecule has 1 unspecified atom stereocenters. The van der Waals surface area contributed by atoms with E-state index in [9.17, 15) is 9.18 Å². The van der Waals surface area contributed by atoms with Crippen LogP contribution in [0.25, 0.3) is 5.69 Å². The largest absolute Gasteiger partial charge is 0.363 e. The minimum Gasteiger partial charge on any atom is -0.363 e. The highest BCUT2D eigenvalue weighted by molar-refractivity contribution is 6.01. The van der Waals surface area contributed by atoms with E-state index in [0.717, 1.165) is 36.5 Å². The van der Waals surface area contributed by atoms with Gasteiger partial charge < -0.3 is 5.32 Å². The van der Waals surface area contributed by atoms with Crippen LogP contribution in [-0.4, -0.2) is 25.3 Å². The van der Waals surface area contributed by atoms with Crippen molar-refractivity contribution < 1.29 is 9.18 Å². The molecular formula is C30H34FN5O. The summed E-state index contributed by atoms with van der Waals surface area (Å²) in [5, 5.41) is 12.8. The summed E-state index contributed by atoms with van der Waals surface area (Å²) in [5.41, 5.74) is 2.87. The quantitative estimate of drug-likeness (QED) is 0.270. The lowest BCUT2D eigenvalue weighted by molar-refractivity contribution is 0.0942. The summed E-state index contributed by atoms with van der Waals surface area (Å²) in [6.45, 7) is 8.55. The second kappa shape index (κ2) is 9.61. The van der Waals surface area contributed by atoms with Crippen LogP contribution in [-0.2, 0) is 11.0 Å². The van der Waals surface area contributed by atoms with E-state index in [4.69, 9.17) is 0 Å². The number of rotatable bonds is 8. The fraction of sp³-hybridized carbons (Fsp3) is 0.367. The normalized spacial score (nSPS) is 16.7. The van der Waals surface area contributed by atoms with Crippen molar-refractivity contribution in [2.75, 3.05) is 5.32 Å². The van der Waals surface area contributed by atoms with E-state index in [1.165, 1.54) is 17.7 Å².